The SMILES string of the molecule is CC[C@@H](Oc1cccc(C)c1C)C(=O)NCCCOC. The topological polar surface area (TPSA) is 47.6 Å². The first-order chi connectivity index (χ1) is 9.60. The van der Waals surface area contributed by atoms with Crippen molar-refractivity contribution in [1.29, 1.82) is 0 Å². The zero-order valence-corrected chi connectivity index (χ0v) is 12.9. The monoisotopic (exact) mass is 279 g/mol. The molecular weight excluding hydrogens is 254 g/mol. The van der Waals surface area contributed by atoms with Crippen molar-refractivity contribution >= 4 is 5.91 Å². The van der Waals surface area contributed by atoms with E-state index >= 15 is 0 Å². The summed E-state index contributed by atoms with van der Waals surface area (Å²) in [6.45, 7) is 7.25. The predicted molar refractivity (Wildman–Crippen MR) is 80.1 cm³/mol. The number of carbonyl (C=O) groups excluding carboxylic acids is 1. The van der Waals surface area contributed by atoms with E-state index in [0.29, 0.717) is 19.6 Å². The van der Waals surface area contributed by atoms with Gasteiger partial charge in [-0.15, -0.1) is 0 Å². The van der Waals surface area contributed by atoms with Crippen LogP contribution in [0, 0.1) is 13.8 Å². The van der Waals surface area contributed by atoms with E-state index in [1.807, 2.05) is 39.0 Å². The molecule has 0 unspecified atom stereocenters. The Morgan fingerprint density at radius 2 is 2.10 bits per heavy atom. The Morgan fingerprint density at radius 3 is 2.75 bits per heavy atom. The molecule has 1 atom stereocenters. The second-order valence-electron chi connectivity index (χ2n) is 4.85. The summed E-state index contributed by atoms with van der Waals surface area (Å²) in [5.74, 6) is 0.716. The van der Waals surface area contributed by atoms with Crippen LogP contribution < -0.4 is 10.1 Å². The number of nitrogens with one attached hydrogen (secondary N) is 1. The highest BCUT2D eigenvalue weighted by atomic mass is 16.5. The molecule has 4 nitrogen and oxygen atoms in total. The van der Waals surface area contributed by atoms with Crippen LogP contribution in [-0.2, 0) is 9.53 Å². The van der Waals surface area contributed by atoms with E-state index in [1.165, 1.54) is 0 Å². The van der Waals surface area contributed by atoms with Gasteiger partial charge in [0.25, 0.3) is 5.91 Å². The van der Waals surface area contributed by atoms with Gasteiger partial charge in [0.1, 0.15) is 5.75 Å². The smallest absolute Gasteiger partial charge is 0.261 e. The molecule has 0 saturated carbocycles. The van der Waals surface area contributed by atoms with E-state index in [0.717, 1.165) is 23.3 Å². The third kappa shape index (κ3) is 4.85. The molecule has 0 aliphatic carbocycles. The average molecular weight is 279 g/mol. The fraction of sp³-hybridized carbons (Fsp3) is 0.562. The molecule has 0 aliphatic rings. The Morgan fingerprint density at radius 1 is 1.35 bits per heavy atom. The highest BCUT2D eigenvalue weighted by molar-refractivity contribution is 5.81. The first-order valence-electron chi connectivity index (χ1n) is 7.09. The maximum absolute atomic E-state index is 12.1. The maximum Gasteiger partial charge on any atom is 0.261 e. The van der Waals surface area contributed by atoms with Gasteiger partial charge in [0.15, 0.2) is 6.10 Å². The summed E-state index contributed by atoms with van der Waals surface area (Å²) in [5, 5.41) is 2.88. The van der Waals surface area contributed by atoms with Gasteiger partial charge in [0, 0.05) is 20.3 Å². The van der Waals surface area contributed by atoms with Crippen LogP contribution in [-0.4, -0.2) is 32.3 Å². The molecule has 0 spiro atoms. The highest BCUT2D eigenvalue weighted by Crippen LogP contribution is 2.22. The number of amides is 1. The molecule has 0 aliphatic heterocycles. The van der Waals surface area contributed by atoms with Crippen molar-refractivity contribution in [2.24, 2.45) is 0 Å². The van der Waals surface area contributed by atoms with Crippen LogP contribution in [0.4, 0.5) is 0 Å². The van der Waals surface area contributed by atoms with E-state index in [4.69, 9.17) is 9.47 Å². The van der Waals surface area contributed by atoms with E-state index in [-0.39, 0.29) is 5.91 Å². The Balaban J connectivity index is 2.57. The van der Waals surface area contributed by atoms with Crippen molar-refractivity contribution in [3.05, 3.63) is 29.3 Å². The summed E-state index contributed by atoms with van der Waals surface area (Å²) in [6.07, 6.45) is 1.00. The summed E-state index contributed by atoms with van der Waals surface area (Å²) >= 11 is 0. The molecule has 1 N–H and O–H groups in total. The van der Waals surface area contributed by atoms with Gasteiger partial charge in [0.2, 0.25) is 0 Å². The normalized spacial score (nSPS) is 12.0. The van der Waals surface area contributed by atoms with Crippen LogP contribution in [0.25, 0.3) is 0 Å². The van der Waals surface area contributed by atoms with Crippen LogP contribution in [0.5, 0.6) is 5.75 Å². The number of hydrogen-bond donors (Lipinski definition) is 1. The first kappa shape index (κ1) is 16.5. The lowest BCUT2D eigenvalue weighted by molar-refractivity contribution is -0.128. The number of methoxy groups -OCH3 is 1. The summed E-state index contributed by atoms with van der Waals surface area (Å²) in [4.78, 5) is 12.1. The van der Waals surface area contributed by atoms with Crippen LogP contribution in [0.15, 0.2) is 18.2 Å². The van der Waals surface area contributed by atoms with Gasteiger partial charge >= 0.3 is 0 Å². The molecule has 0 radical (unpaired) electrons. The molecular formula is C16H25NO3. The Kier molecular flexibility index (Phi) is 7.09. The van der Waals surface area contributed by atoms with Crippen LogP contribution >= 0.6 is 0 Å². The minimum Gasteiger partial charge on any atom is -0.480 e. The summed E-state index contributed by atoms with van der Waals surface area (Å²) in [5.41, 5.74) is 2.25. The van der Waals surface area contributed by atoms with Gasteiger partial charge < -0.3 is 14.8 Å². The zero-order chi connectivity index (χ0) is 15.0. The highest BCUT2D eigenvalue weighted by Gasteiger charge is 2.18. The predicted octanol–water partition coefficient (Wildman–Crippen LogP) is 2.61. The minimum atomic E-state index is -0.446. The van der Waals surface area contributed by atoms with Gasteiger partial charge in [-0.3, -0.25) is 4.79 Å². The molecule has 1 amide bonds. The molecule has 0 saturated heterocycles. The quantitative estimate of drug-likeness (QED) is 0.744. The van der Waals surface area contributed by atoms with Crippen LogP contribution in [0.1, 0.15) is 30.9 Å². The van der Waals surface area contributed by atoms with Gasteiger partial charge in [-0.05, 0) is 43.9 Å². The van der Waals surface area contributed by atoms with Gasteiger partial charge in [-0.25, -0.2) is 0 Å². The number of carbonyl (C=O) groups is 1. The fourth-order valence-electron chi connectivity index (χ4n) is 1.87. The molecule has 0 heterocycles. The molecule has 1 aromatic rings. The fourth-order valence-corrected chi connectivity index (χ4v) is 1.87. The van der Waals surface area contributed by atoms with Gasteiger partial charge in [-0.2, -0.15) is 0 Å². The number of aryl methyl sites for hydroxylation is 1. The lowest BCUT2D eigenvalue weighted by Gasteiger charge is -2.19. The van der Waals surface area contributed by atoms with Crippen molar-refractivity contribution in [3.8, 4) is 5.75 Å². The largest absolute Gasteiger partial charge is 0.480 e. The Hall–Kier alpha value is -1.55. The molecule has 1 aromatic carbocycles. The molecule has 0 aromatic heterocycles. The Labute approximate surface area is 121 Å². The first-order valence-corrected chi connectivity index (χ1v) is 7.09. The summed E-state index contributed by atoms with van der Waals surface area (Å²) < 4.78 is 10.8. The number of hydrogen-bond acceptors (Lipinski definition) is 3. The van der Waals surface area contributed by atoms with Gasteiger partial charge in [0.05, 0.1) is 0 Å². The molecule has 4 heteroatoms. The third-order valence-electron chi connectivity index (χ3n) is 3.31. The standard InChI is InChI=1S/C16H25NO3/c1-5-14(16(18)17-10-7-11-19-4)20-15-9-6-8-12(2)13(15)3/h6,8-9,14H,5,7,10-11H2,1-4H3,(H,17,18)/t14-/m1/s1. The molecule has 1 rings (SSSR count). The van der Waals surface area contributed by atoms with Gasteiger partial charge in [-0.1, -0.05) is 19.1 Å². The maximum atomic E-state index is 12.1. The minimum absolute atomic E-state index is 0.0653. The second-order valence-corrected chi connectivity index (χ2v) is 4.85. The molecule has 0 bridgehead atoms. The Bertz CT molecular complexity index is 432. The van der Waals surface area contributed by atoms with E-state index in [9.17, 15) is 4.79 Å². The van der Waals surface area contributed by atoms with Crippen LogP contribution in [0.3, 0.4) is 0 Å². The molecule has 112 valence electrons. The van der Waals surface area contributed by atoms with E-state index < -0.39 is 6.10 Å². The van der Waals surface area contributed by atoms with Crippen molar-refractivity contribution in [2.45, 2.75) is 39.7 Å². The summed E-state index contributed by atoms with van der Waals surface area (Å²) in [7, 11) is 1.65. The van der Waals surface area contributed by atoms with E-state index in [2.05, 4.69) is 5.32 Å². The second kappa shape index (κ2) is 8.59. The van der Waals surface area contributed by atoms with Crippen molar-refractivity contribution < 1.29 is 14.3 Å². The van der Waals surface area contributed by atoms with Crippen molar-refractivity contribution in [2.75, 3.05) is 20.3 Å². The van der Waals surface area contributed by atoms with Crippen molar-refractivity contribution in [3.63, 3.8) is 0 Å². The third-order valence-corrected chi connectivity index (χ3v) is 3.31. The lowest BCUT2D eigenvalue weighted by atomic mass is 10.1. The summed E-state index contributed by atoms with van der Waals surface area (Å²) in [6, 6.07) is 5.89. The lowest BCUT2D eigenvalue weighted by Crippen LogP contribution is -2.38. The number of benzene rings is 1. The molecule has 0 fully saturated rings. The van der Waals surface area contributed by atoms with Crippen molar-refractivity contribution in [1.82, 2.24) is 5.32 Å². The van der Waals surface area contributed by atoms with E-state index in [1.54, 1.807) is 7.11 Å². The number of ether oxygens (including phenoxy) is 2. The average Bonchev–Trinajstić information content (AvgIpc) is 2.45. The zero-order valence-electron chi connectivity index (χ0n) is 12.9. The molecule has 20 heavy (non-hydrogen) atoms. The number of rotatable bonds is 8. The van der Waals surface area contributed by atoms with Crippen LogP contribution in [0.2, 0.25) is 0 Å².